The number of carbonyl (C=O) groups excluding carboxylic acids is 2. The molecule has 0 bridgehead atoms. The van der Waals surface area contributed by atoms with Crippen molar-refractivity contribution in [3.63, 3.8) is 0 Å². The van der Waals surface area contributed by atoms with E-state index in [0.29, 0.717) is 23.6 Å². The number of hydrogen-bond acceptors (Lipinski definition) is 4. The summed E-state index contributed by atoms with van der Waals surface area (Å²) in [5.41, 5.74) is 6.65. The van der Waals surface area contributed by atoms with Crippen molar-refractivity contribution < 1.29 is 19.1 Å². The first-order valence-corrected chi connectivity index (χ1v) is 7.51. The maximum absolute atomic E-state index is 12.2. The summed E-state index contributed by atoms with van der Waals surface area (Å²) >= 11 is 0. The Morgan fingerprint density at radius 3 is 2.50 bits per heavy atom. The molecule has 0 aromatic heterocycles. The second kappa shape index (κ2) is 8.57. The number of ether oxygens (including phenoxy) is 2. The van der Waals surface area contributed by atoms with Crippen LogP contribution in [0.3, 0.4) is 0 Å². The highest BCUT2D eigenvalue weighted by Crippen LogP contribution is 2.27. The van der Waals surface area contributed by atoms with Crippen LogP contribution < -0.4 is 20.5 Å². The van der Waals surface area contributed by atoms with Gasteiger partial charge in [-0.3, -0.25) is 9.59 Å². The van der Waals surface area contributed by atoms with Crippen LogP contribution in [0.25, 0.3) is 0 Å². The van der Waals surface area contributed by atoms with Crippen molar-refractivity contribution in [1.29, 1.82) is 0 Å². The molecule has 0 atom stereocenters. The Hall–Kier alpha value is -3.02. The predicted octanol–water partition coefficient (Wildman–Crippen LogP) is 1.53. The van der Waals surface area contributed by atoms with Crippen LogP contribution in [-0.2, 0) is 11.2 Å². The van der Waals surface area contributed by atoms with Crippen molar-refractivity contribution in [2.24, 2.45) is 5.73 Å². The molecule has 0 saturated carbocycles. The van der Waals surface area contributed by atoms with Crippen LogP contribution in [0.2, 0.25) is 0 Å². The molecule has 0 spiro atoms. The van der Waals surface area contributed by atoms with Crippen molar-refractivity contribution in [3.8, 4) is 11.5 Å². The summed E-state index contributed by atoms with van der Waals surface area (Å²) in [6.45, 7) is 0.282. The molecule has 2 amide bonds. The topological polar surface area (TPSA) is 90.7 Å². The molecule has 0 saturated heterocycles. The van der Waals surface area contributed by atoms with Gasteiger partial charge in [-0.2, -0.15) is 0 Å². The summed E-state index contributed by atoms with van der Waals surface area (Å²) in [4.78, 5) is 23.0. The molecule has 0 radical (unpaired) electrons. The van der Waals surface area contributed by atoms with E-state index in [1.165, 1.54) is 7.11 Å². The first-order valence-electron chi connectivity index (χ1n) is 7.51. The molecule has 0 aliphatic rings. The van der Waals surface area contributed by atoms with Crippen molar-refractivity contribution >= 4 is 11.8 Å². The lowest BCUT2D eigenvalue weighted by Crippen LogP contribution is -2.25. The standard InChI is InChI=1S/C18H20N2O4/c1-23-16-11-14(7-8-15(16)24-12-17(19)21)18(22)20-10-9-13-5-3-2-4-6-13/h2-8,11H,9-10,12H2,1H3,(H2,19,21)(H,20,22). The van der Waals surface area contributed by atoms with Gasteiger partial charge in [-0.15, -0.1) is 0 Å². The molecule has 2 aromatic rings. The van der Waals surface area contributed by atoms with Gasteiger partial charge >= 0.3 is 0 Å². The second-order valence-electron chi connectivity index (χ2n) is 5.11. The van der Waals surface area contributed by atoms with E-state index in [-0.39, 0.29) is 12.5 Å². The molecule has 0 aliphatic carbocycles. The molecule has 24 heavy (non-hydrogen) atoms. The first-order chi connectivity index (χ1) is 11.6. The molecule has 0 aliphatic heterocycles. The zero-order chi connectivity index (χ0) is 17.4. The van der Waals surface area contributed by atoms with Gasteiger partial charge in [0, 0.05) is 12.1 Å². The fraction of sp³-hybridized carbons (Fsp3) is 0.222. The van der Waals surface area contributed by atoms with E-state index < -0.39 is 5.91 Å². The van der Waals surface area contributed by atoms with Gasteiger partial charge in [0.15, 0.2) is 18.1 Å². The molecular weight excluding hydrogens is 308 g/mol. The zero-order valence-corrected chi connectivity index (χ0v) is 13.5. The molecule has 2 rings (SSSR count). The van der Waals surface area contributed by atoms with Crippen LogP contribution in [-0.4, -0.2) is 32.1 Å². The predicted molar refractivity (Wildman–Crippen MR) is 90.2 cm³/mol. The summed E-state index contributed by atoms with van der Waals surface area (Å²) in [7, 11) is 1.46. The Labute approximate surface area is 140 Å². The molecule has 6 heteroatoms. The average Bonchev–Trinajstić information content (AvgIpc) is 2.60. The highest BCUT2D eigenvalue weighted by Gasteiger charge is 2.11. The number of primary amides is 1. The van der Waals surface area contributed by atoms with Crippen molar-refractivity contribution in [1.82, 2.24) is 5.32 Å². The lowest BCUT2D eigenvalue weighted by Gasteiger charge is -2.11. The van der Waals surface area contributed by atoms with E-state index in [9.17, 15) is 9.59 Å². The SMILES string of the molecule is COc1cc(C(=O)NCCc2ccccc2)ccc1OCC(N)=O. The number of nitrogens with two attached hydrogens (primary N) is 1. The lowest BCUT2D eigenvalue weighted by molar-refractivity contribution is -0.119. The fourth-order valence-corrected chi connectivity index (χ4v) is 2.14. The molecule has 126 valence electrons. The molecular formula is C18H20N2O4. The van der Waals surface area contributed by atoms with Gasteiger partial charge in [-0.25, -0.2) is 0 Å². The van der Waals surface area contributed by atoms with Crippen molar-refractivity contribution in [2.75, 3.05) is 20.3 Å². The monoisotopic (exact) mass is 328 g/mol. The van der Waals surface area contributed by atoms with Crippen LogP contribution in [0, 0.1) is 0 Å². The largest absolute Gasteiger partial charge is 0.493 e. The van der Waals surface area contributed by atoms with E-state index in [2.05, 4.69) is 5.32 Å². The second-order valence-corrected chi connectivity index (χ2v) is 5.11. The molecule has 0 unspecified atom stereocenters. The average molecular weight is 328 g/mol. The number of rotatable bonds is 8. The number of amides is 2. The summed E-state index contributed by atoms with van der Waals surface area (Å²) in [6, 6.07) is 14.7. The van der Waals surface area contributed by atoms with Gasteiger partial charge in [0.2, 0.25) is 0 Å². The van der Waals surface area contributed by atoms with E-state index in [0.717, 1.165) is 12.0 Å². The summed E-state index contributed by atoms with van der Waals surface area (Å²) < 4.78 is 10.4. The molecule has 0 heterocycles. The van der Waals surface area contributed by atoms with Crippen LogP contribution in [0.4, 0.5) is 0 Å². The highest BCUT2D eigenvalue weighted by molar-refractivity contribution is 5.94. The van der Waals surface area contributed by atoms with Crippen LogP contribution in [0.15, 0.2) is 48.5 Å². The van der Waals surface area contributed by atoms with Crippen LogP contribution in [0.5, 0.6) is 11.5 Å². The normalized spacial score (nSPS) is 10.0. The van der Waals surface area contributed by atoms with Crippen molar-refractivity contribution in [2.45, 2.75) is 6.42 Å². The smallest absolute Gasteiger partial charge is 0.255 e. The summed E-state index contributed by atoms with van der Waals surface area (Å²) in [5.74, 6) is -0.0606. The van der Waals surface area contributed by atoms with E-state index in [1.807, 2.05) is 30.3 Å². The van der Waals surface area contributed by atoms with Gasteiger partial charge in [-0.05, 0) is 30.2 Å². The minimum atomic E-state index is -0.584. The van der Waals surface area contributed by atoms with Crippen LogP contribution >= 0.6 is 0 Å². The molecule has 3 N–H and O–H groups in total. The number of methoxy groups -OCH3 is 1. The number of benzene rings is 2. The highest BCUT2D eigenvalue weighted by atomic mass is 16.5. The summed E-state index contributed by atoms with van der Waals surface area (Å²) in [5, 5.41) is 2.86. The van der Waals surface area contributed by atoms with E-state index in [1.54, 1.807) is 18.2 Å². The Morgan fingerprint density at radius 2 is 1.83 bits per heavy atom. The third-order valence-electron chi connectivity index (χ3n) is 3.34. The fourth-order valence-electron chi connectivity index (χ4n) is 2.14. The van der Waals surface area contributed by atoms with Gasteiger partial charge in [0.05, 0.1) is 7.11 Å². The lowest BCUT2D eigenvalue weighted by atomic mass is 10.1. The Balaban J connectivity index is 1.95. The van der Waals surface area contributed by atoms with E-state index >= 15 is 0 Å². The minimum absolute atomic E-state index is 0.203. The van der Waals surface area contributed by atoms with E-state index in [4.69, 9.17) is 15.2 Å². The Bertz CT molecular complexity index is 701. The summed E-state index contributed by atoms with van der Waals surface area (Å²) in [6.07, 6.45) is 0.753. The number of hydrogen-bond donors (Lipinski definition) is 2. The molecule has 2 aromatic carbocycles. The molecule has 6 nitrogen and oxygen atoms in total. The van der Waals surface area contributed by atoms with Gasteiger partial charge in [-0.1, -0.05) is 30.3 Å². The van der Waals surface area contributed by atoms with Gasteiger partial charge in [0.25, 0.3) is 11.8 Å². The Morgan fingerprint density at radius 1 is 1.08 bits per heavy atom. The van der Waals surface area contributed by atoms with Gasteiger partial charge < -0.3 is 20.5 Å². The van der Waals surface area contributed by atoms with Crippen molar-refractivity contribution in [3.05, 3.63) is 59.7 Å². The minimum Gasteiger partial charge on any atom is -0.493 e. The zero-order valence-electron chi connectivity index (χ0n) is 13.5. The third-order valence-corrected chi connectivity index (χ3v) is 3.34. The first kappa shape index (κ1) is 17.3. The quantitative estimate of drug-likeness (QED) is 0.769. The maximum atomic E-state index is 12.2. The molecule has 0 fully saturated rings. The van der Waals surface area contributed by atoms with Gasteiger partial charge in [0.1, 0.15) is 0 Å². The third kappa shape index (κ3) is 5.01. The number of nitrogens with one attached hydrogen (secondary N) is 1. The maximum Gasteiger partial charge on any atom is 0.255 e. The van der Waals surface area contributed by atoms with Crippen LogP contribution in [0.1, 0.15) is 15.9 Å². The number of carbonyl (C=O) groups is 2. The Kier molecular flexibility index (Phi) is 6.19.